The van der Waals surface area contributed by atoms with E-state index in [4.69, 9.17) is 32.7 Å². The maximum Gasteiger partial charge on any atom is 0.410 e. The Labute approximate surface area is 170 Å². The average Bonchev–Trinajstić information content (AvgIpc) is 3.05. The number of hydrogen-bond donors (Lipinski definition) is 1. The summed E-state index contributed by atoms with van der Waals surface area (Å²) in [5.74, 6) is 0.311. The number of ether oxygens (including phenoxy) is 2. The van der Waals surface area contributed by atoms with Gasteiger partial charge in [0.25, 0.3) is 0 Å². The van der Waals surface area contributed by atoms with Crippen LogP contribution in [-0.2, 0) is 9.53 Å². The van der Waals surface area contributed by atoms with E-state index in [1.54, 1.807) is 23.1 Å². The summed E-state index contributed by atoms with van der Waals surface area (Å²) >= 11 is 11.9. The number of likely N-dealkylation sites (tertiary alicyclic amines) is 1. The molecule has 2 rings (SSSR count). The first-order valence-electron chi connectivity index (χ1n) is 8.99. The van der Waals surface area contributed by atoms with Gasteiger partial charge in [0.1, 0.15) is 11.4 Å². The summed E-state index contributed by atoms with van der Waals surface area (Å²) in [6.07, 6.45) is 0.917. The maximum absolute atomic E-state index is 12.3. The molecule has 6 nitrogen and oxygen atoms in total. The van der Waals surface area contributed by atoms with Crippen molar-refractivity contribution in [2.24, 2.45) is 5.92 Å². The lowest BCUT2D eigenvalue weighted by Gasteiger charge is -2.24. The zero-order chi connectivity index (χ0) is 20.0. The predicted octanol–water partition coefficient (Wildman–Crippen LogP) is 4.14. The van der Waals surface area contributed by atoms with Gasteiger partial charge in [0, 0.05) is 24.7 Å². The summed E-state index contributed by atoms with van der Waals surface area (Å²) in [6.45, 7) is 7.31. The van der Waals surface area contributed by atoms with Crippen LogP contribution in [0.5, 0.6) is 5.75 Å². The zero-order valence-corrected chi connectivity index (χ0v) is 17.4. The Morgan fingerprint density at radius 1 is 1.30 bits per heavy atom. The fourth-order valence-corrected chi connectivity index (χ4v) is 3.13. The minimum absolute atomic E-state index is 0.0504. The van der Waals surface area contributed by atoms with E-state index in [1.807, 2.05) is 20.8 Å². The normalized spacial score (nSPS) is 16.9. The first-order chi connectivity index (χ1) is 12.7. The molecule has 8 heteroatoms. The number of carbonyl (C=O) groups excluding carboxylic acids is 2. The van der Waals surface area contributed by atoms with Crippen molar-refractivity contribution >= 4 is 35.2 Å². The molecule has 0 saturated carbocycles. The van der Waals surface area contributed by atoms with Crippen LogP contribution in [0, 0.1) is 5.92 Å². The summed E-state index contributed by atoms with van der Waals surface area (Å²) in [5.41, 5.74) is -0.537. The Hall–Kier alpha value is -1.66. The van der Waals surface area contributed by atoms with E-state index < -0.39 is 5.60 Å². The van der Waals surface area contributed by atoms with E-state index >= 15 is 0 Å². The largest absolute Gasteiger partial charge is 0.492 e. The monoisotopic (exact) mass is 416 g/mol. The summed E-state index contributed by atoms with van der Waals surface area (Å²) < 4.78 is 10.9. The molecule has 1 aromatic rings. The highest BCUT2D eigenvalue weighted by Crippen LogP contribution is 2.27. The van der Waals surface area contributed by atoms with Crippen LogP contribution >= 0.6 is 23.2 Å². The molecule has 1 aliphatic heterocycles. The van der Waals surface area contributed by atoms with Gasteiger partial charge in [-0.2, -0.15) is 0 Å². The van der Waals surface area contributed by atoms with Crippen LogP contribution in [-0.4, -0.2) is 48.7 Å². The SMILES string of the molecule is CC(C)(C)OC(=O)N1CCC(C(=O)NCCCOc2ccc(Cl)cc2Cl)C1. The number of carbonyl (C=O) groups is 2. The van der Waals surface area contributed by atoms with Crippen molar-refractivity contribution in [3.8, 4) is 5.75 Å². The highest BCUT2D eigenvalue weighted by Gasteiger charge is 2.33. The topological polar surface area (TPSA) is 67.9 Å². The van der Waals surface area contributed by atoms with Crippen molar-refractivity contribution in [3.05, 3.63) is 28.2 Å². The maximum atomic E-state index is 12.3. The lowest BCUT2D eigenvalue weighted by atomic mass is 10.1. The molecule has 1 heterocycles. The van der Waals surface area contributed by atoms with E-state index in [0.29, 0.717) is 54.9 Å². The van der Waals surface area contributed by atoms with Crippen LogP contribution < -0.4 is 10.1 Å². The lowest BCUT2D eigenvalue weighted by Crippen LogP contribution is -2.37. The van der Waals surface area contributed by atoms with Crippen molar-refractivity contribution in [3.63, 3.8) is 0 Å². The van der Waals surface area contributed by atoms with Gasteiger partial charge in [0.05, 0.1) is 17.5 Å². The smallest absolute Gasteiger partial charge is 0.410 e. The first kappa shape index (κ1) is 21.6. The number of benzene rings is 1. The Balaban J connectivity index is 1.65. The van der Waals surface area contributed by atoms with E-state index in [0.717, 1.165) is 0 Å². The van der Waals surface area contributed by atoms with Crippen molar-refractivity contribution in [1.29, 1.82) is 0 Å². The van der Waals surface area contributed by atoms with Crippen molar-refractivity contribution in [1.82, 2.24) is 10.2 Å². The van der Waals surface area contributed by atoms with Gasteiger partial charge in [0.2, 0.25) is 5.91 Å². The molecule has 2 amide bonds. The minimum atomic E-state index is -0.537. The molecular weight excluding hydrogens is 391 g/mol. The zero-order valence-electron chi connectivity index (χ0n) is 15.9. The Morgan fingerprint density at radius 3 is 2.70 bits per heavy atom. The number of hydrogen-bond acceptors (Lipinski definition) is 4. The molecule has 150 valence electrons. The van der Waals surface area contributed by atoms with Crippen molar-refractivity contribution in [2.45, 2.75) is 39.2 Å². The quantitative estimate of drug-likeness (QED) is 0.707. The van der Waals surface area contributed by atoms with Crippen LogP contribution in [0.15, 0.2) is 18.2 Å². The summed E-state index contributed by atoms with van der Waals surface area (Å²) in [6, 6.07) is 5.05. The number of nitrogens with one attached hydrogen (secondary N) is 1. The molecule has 0 spiro atoms. The predicted molar refractivity (Wildman–Crippen MR) is 105 cm³/mol. The van der Waals surface area contributed by atoms with E-state index in [1.165, 1.54) is 0 Å². The molecule has 1 saturated heterocycles. The van der Waals surface area contributed by atoms with Gasteiger partial charge in [-0.1, -0.05) is 23.2 Å². The molecule has 1 atom stereocenters. The van der Waals surface area contributed by atoms with Gasteiger partial charge < -0.3 is 19.7 Å². The third-order valence-electron chi connectivity index (χ3n) is 3.98. The molecule has 0 radical (unpaired) electrons. The number of halogens is 2. The summed E-state index contributed by atoms with van der Waals surface area (Å²) in [5, 5.41) is 3.90. The molecule has 27 heavy (non-hydrogen) atoms. The molecule has 1 N–H and O–H groups in total. The molecule has 1 unspecified atom stereocenters. The molecule has 1 fully saturated rings. The van der Waals surface area contributed by atoms with Crippen LogP contribution in [0.1, 0.15) is 33.6 Å². The summed E-state index contributed by atoms with van der Waals surface area (Å²) in [7, 11) is 0. The third kappa shape index (κ3) is 7.11. The molecule has 1 aliphatic rings. The minimum Gasteiger partial charge on any atom is -0.492 e. The van der Waals surface area contributed by atoms with Gasteiger partial charge in [-0.15, -0.1) is 0 Å². The standard InChI is InChI=1S/C19H26Cl2N2O4/c1-19(2,3)27-18(25)23-9-7-13(12-23)17(24)22-8-4-10-26-16-6-5-14(20)11-15(16)21/h5-6,11,13H,4,7-10,12H2,1-3H3,(H,22,24). The first-order valence-corrected chi connectivity index (χ1v) is 9.75. The average molecular weight is 417 g/mol. The number of nitrogens with zero attached hydrogens (tertiary/aromatic N) is 1. The Bertz CT molecular complexity index is 676. The summed E-state index contributed by atoms with van der Waals surface area (Å²) in [4.78, 5) is 25.9. The Morgan fingerprint density at radius 2 is 2.04 bits per heavy atom. The fraction of sp³-hybridized carbons (Fsp3) is 0.579. The second-order valence-electron chi connectivity index (χ2n) is 7.48. The van der Waals surface area contributed by atoms with E-state index in [-0.39, 0.29) is 17.9 Å². The van der Waals surface area contributed by atoms with Gasteiger partial charge in [-0.3, -0.25) is 4.79 Å². The van der Waals surface area contributed by atoms with Gasteiger partial charge in [0.15, 0.2) is 0 Å². The molecule has 1 aromatic carbocycles. The Kier molecular flexibility index (Phi) is 7.62. The van der Waals surface area contributed by atoms with Gasteiger partial charge >= 0.3 is 6.09 Å². The van der Waals surface area contributed by atoms with Gasteiger partial charge in [-0.25, -0.2) is 4.79 Å². The van der Waals surface area contributed by atoms with Crippen LogP contribution in [0.3, 0.4) is 0 Å². The highest BCUT2D eigenvalue weighted by atomic mass is 35.5. The molecule has 0 aliphatic carbocycles. The molecule has 0 bridgehead atoms. The lowest BCUT2D eigenvalue weighted by molar-refractivity contribution is -0.124. The fourth-order valence-electron chi connectivity index (χ4n) is 2.67. The molecular formula is C19H26Cl2N2O4. The van der Waals surface area contributed by atoms with Crippen LogP contribution in [0.2, 0.25) is 10.0 Å². The van der Waals surface area contributed by atoms with Crippen LogP contribution in [0.4, 0.5) is 4.79 Å². The van der Waals surface area contributed by atoms with Gasteiger partial charge in [-0.05, 0) is 51.8 Å². The van der Waals surface area contributed by atoms with E-state index in [2.05, 4.69) is 5.32 Å². The van der Waals surface area contributed by atoms with Crippen molar-refractivity contribution < 1.29 is 19.1 Å². The second-order valence-corrected chi connectivity index (χ2v) is 8.32. The molecule has 0 aromatic heterocycles. The highest BCUT2D eigenvalue weighted by molar-refractivity contribution is 6.35. The van der Waals surface area contributed by atoms with Crippen LogP contribution in [0.25, 0.3) is 0 Å². The van der Waals surface area contributed by atoms with Crippen molar-refractivity contribution in [2.75, 3.05) is 26.2 Å². The number of amides is 2. The third-order valence-corrected chi connectivity index (χ3v) is 4.51. The number of rotatable bonds is 6. The second kappa shape index (κ2) is 9.51. The van der Waals surface area contributed by atoms with E-state index in [9.17, 15) is 9.59 Å².